The van der Waals surface area contributed by atoms with Gasteiger partial charge in [0.15, 0.2) is 5.96 Å². The monoisotopic (exact) mass is 313 g/mol. The zero-order valence-corrected chi connectivity index (χ0v) is 14.0. The molecule has 1 atom stereocenters. The van der Waals surface area contributed by atoms with Gasteiger partial charge in [0.2, 0.25) is 0 Å². The Morgan fingerprint density at radius 1 is 1.30 bits per heavy atom. The second-order valence-electron chi connectivity index (χ2n) is 6.26. The molecule has 124 valence electrons. The lowest BCUT2D eigenvalue weighted by Crippen LogP contribution is -2.46. The molecule has 2 aliphatic rings. The van der Waals surface area contributed by atoms with Crippen molar-refractivity contribution < 1.29 is 4.74 Å². The molecule has 1 aromatic carbocycles. The SMILES string of the molecule is CN=C(NCC1CCCO1)N1CCC(=Cc2ccccc2)CC1. The minimum absolute atomic E-state index is 0.352. The number of piperidine rings is 1. The van der Waals surface area contributed by atoms with Gasteiger partial charge in [0.1, 0.15) is 0 Å². The Hall–Kier alpha value is -1.81. The highest BCUT2D eigenvalue weighted by Crippen LogP contribution is 2.19. The molecule has 3 rings (SSSR count). The fraction of sp³-hybridized carbons (Fsp3) is 0.526. The van der Waals surface area contributed by atoms with Crippen LogP contribution >= 0.6 is 0 Å². The van der Waals surface area contributed by atoms with Crippen LogP contribution in [0.1, 0.15) is 31.2 Å². The molecule has 2 fully saturated rings. The topological polar surface area (TPSA) is 36.9 Å². The fourth-order valence-electron chi connectivity index (χ4n) is 3.28. The van der Waals surface area contributed by atoms with Gasteiger partial charge in [0.05, 0.1) is 6.10 Å². The quantitative estimate of drug-likeness (QED) is 0.688. The van der Waals surface area contributed by atoms with E-state index in [1.165, 1.54) is 17.6 Å². The number of ether oxygens (including phenoxy) is 1. The van der Waals surface area contributed by atoms with Crippen LogP contribution in [0.15, 0.2) is 40.9 Å². The van der Waals surface area contributed by atoms with Crippen LogP contribution in [0.3, 0.4) is 0 Å². The van der Waals surface area contributed by atoms with Gasteiger partial charge in [-0.3, -0.25) is 4.99 Å². The number of aliphatic imine (C=N–C) groups is 1. The summed E-state index contributed by atoms with van der Waals surface area (Å²) in [6.45, 7) is 3.84. The molecule has 0 radical (unpaired) electrons. The largest absolute Gasteiger partial charge is 0.376 e. The number of nitrogens with one attached hydrogen (secondary N) is 1. The van der Waals surface area contributed by atoms with Crippen molar-refractivity contribution in [3.63, 3.8) is 0 Å². The molecule has 0 spiro atoms. The van der Waals surface area contributed by atoms with Crippen LogP contribution < -0.4 is 5.32 Å². The van der Waals surface area contributed by atoms with Crippen molar-refractivity contribution >= 4 is 12.0 Å². The van der Waals surface area contributed by atoms with Crippen molar-refractivity contribution in [2.45, 2.75) is 31.8 Å². The lowest BCUT2D eigenvalue weighted by atomic mass is 10.0. The molecule has 2 aliphatic heterocycles. The lowest BCUT2D eigenvalue weighted by Gasteiger charge is -2.32. The Balaban J connectivity index is 1.50. The van der Waals surface area contributed by atoms with E-state index in [2.05, 4.69) is 51.6 Å². The number of rotatable bonds is 3. The first-order valence-corrected chi connectivity index (χ1v) is 8.67. The van der Waals surface area contributed by atoms with Crippen LogP contribution in [0.5, 0.6) is 0 Å². The normalized spacial score (nSPS) is 22.3. The molecule has 1 aromatic rings. The van der Waals surface area contributed by atoms with E-state index in [1.807, 2.05) is 7.05 Å². The van der Waals surface area contributed by atoms with Crippen molar-refractivity contribution in [3.8, 4) is 0 Å². The number of nitrogens with zero attached hydrogens (tertiary/aromatic N) is 2. The van der Waals surface area contributed by atoms with E-state index in [0.717, 1.165) is 51.5 Å². The number of likely N-dealkylation sites (tertiary alicyclic amines) is 1. The van der Waals surface area contributed by atoms with Crippen molar-refractivity contribution in [2.75, 3.05) is 33.3 Å². The van der Waals surface area contributed by atoms with Gasteiger partial charge in [-0.1, -0.05) is 42.0 Å². The lowest BCUT2D eigenvalue weighted by molar-refractivity contribution is 0.113. The Labute approximate surface area is 139 Å². The van der Waals surface area contributed by atoms with Crippen molar-refractivity contribution in [1.29, 1.82) is 0 Å². The van der Waals surface area contributed by atoms with Crippen LogP contribution in [-0.4, -0.2) is 50.3 Å². The summed E-state index contributed by atoms with van der Waals surface area (Å²) in [4.78, 5) is 6.80. The molecule has 2 heterocycles. The average Bonchev–Trinajstić information content (AvgIpc) is 3.11. The standard InChI is InChI=1S/C19H27N3O/c1-20-19(21-15-18-8-5-13-23-18)22-11-9-17(10-12-22)14-16-6-3-2-4-7-16/h2-4,6-7,14,18H,5,8-13,15H2,1H3,(H,20,21). The first kappa shape index (κ1) is 16.1. The second-order valence-corrected chi connectivity index (χ2v) is 6.26. The van der Waals surface area contributed by atoms with Gasteiger partial charge >= 0.3 is 0 Å². The molecule has 0 amide bonds. The smallest absolute Gasteiger partial charge is 0.193 e. The van der Waals surface area contributed by atoms with Crippen LogP contribution in [-0.2, 0) is 4.74 Å². The van der Waals surface area contributed by atoms with E-state index in [9.17, 15) is 0 Å². The van der Waals surface area contributed by atoms with Gasteiger partial charge in [-0.2, -0.15) is 0 Å². The number of hydrogen-bond acceptors (Lipinski definition) is 2. The zero-order valence-electron chi connectivity index (χ0n) is 14.0. The molecule has 0 aliphatic carbocycles. The van der Waals surface area contributed by atoms with E-state index in [0.29, 0.717) is 6.10 Å². The first-order chi connectivity index (χ1) is 11.3. The van der Waals surface area contributed by atoms with Gasteiger partial charge in [-0.05, 0) is 31.2 Å². The third-order valence-corrected chi connectivity index (χ3v) is 4.60. The summed E-state index contributed by atoms with van der Waals surface area (Å²) >= 11 is 0. The third kappa shape index (κ3) is 4.58. The summed E-state index contributed by atoms with van der Waals surface area (Å²) in [5.74, 6) is 1.01. The van der Waals surface area contributed by atoms with E-state index >= 15 is 0 Å². The molecule has 0 aromatic heterocycles. The van der Waals surface area contributed by atoms with Crippen LogP contribution in [0.4, 0.5) is 0 Å². The van der Waals surface area contributed by atoms with Crippen LogP contribution in [0, 0.1) is 0 Å². The minimum atomic E-state index is 0.352. The van der Waals surface area contributed by atoms with Gasteiger partial charge in [-0.25, -0.2) is 0 Å². The van der Waals surface area contributed by atoms with Crippen molar-refractivity contribution in [3.05, 3.63) is 41.5 Å². The molecule has 1 unspecified atom stereocenters. The molecule has 4 heteroatoms. The van der Waals surface area contributed by atoms with E-state index < -0.39 is 0 Å². The maximum Gasteiger partial charge on any atom is 0.193 e. The highest BCUT2D eigenvalue weighted by atomic mass is 16.5. The molecule has 2 saturated heterocycles. The maximum atomic E-state index is 5.67. The molecule has 23 heavy (non-hydrogen) atoms. The molecular weight excluding hydrogens is 286 g/mol. The summed E-state index contributed by atoms with van der Waals surface area (Å²) in [7, 11) is 1.87. The summed E-state index contributed by atoms with van der Waals surface area (Å²) in [6.07, 6.45) is 7.24. The summed E-state index contributed by atoms with van der Waals surface area (Å²) < 4.78 is 5.67. The number of hydrogen-bond donors (Lipinski definition) is 1. The van der Waals surface area contributed by atoms with Crippen LogP contribution in [0.25, 0.3) is 6.08 Å². The average molecular weight is 313 g/mol. The first-order valence-electron chi connectivity index (χ1n) is 8.67. The van der Waals surface area contributed by atoms with Crippen molar-refractivity contribution in [2.24, 2.45) is 4.99 Å². The molecule has 0 saturated carbocycles. The van der Waals surface area contributed by atoms with Gasteiger partial charge in [0.25, 0.3) is 0 Å². The summed E-state index contributed by atoms with van der Waals surface area (Å²) in [6, 6.07) is 10.6. The Bertz CT molecular complexity index is 537. The Kier molecular flexibility index (Phi) is 5.70. The number of benzene rings is 1. The molecule has 1 N–H and O–H groups in total. The third-order valence-electron chi connectivity index (χ3n) is 4.60. The molecule has 0 bridgehead atoms. The minimum Gasteiger partial charge on any atom is -0.376 e. The van der Waals surface area contributed by atoms with Gasteiger partial charge < -0.3 is 15.0 Å². The molecule has 4 nitrogen and oxygen atoms in total. The summed E-state index contributed by atoms with van der Waals surface area (Å²) in [5.41, 5.74) is 2.83. The fourth-order valence-corrected chi connectivity index (χ4v) is 3.28. The summed E-state index contributed by atoms with van der Waals surface area (Å²) in [5, 5.41) is 3.48. The highest BCUT2D eigenvalue weighted by molar-refractivity contribution is 5.80. The predicted octanol–water partition coefficient (Wildman–Crippen LogP) is 2.92. The van der Waals surface area contributed by atoms with Gasteiger partial charge in [-0.15, -0.1) is 0 Å². The Morgan fingerprint density at radius 3 is 2.74 bits per heavy atom. The second kappa shape index (κ2) is 8.16. The number of guanidine groups is 1. The highest BCUT2D eigenvalue weighted by Gasteiger charge is 2.20. The van der Waals surface area contributed by atoms with Crippen molar-refractivity contribution in [1.82, 2.24) is 10.2 Å². The van der Waals surface area contributed by atoms with E-state index in [-0.39, 0.29) is 0 Å². The van der Waals surface area contributed by atoms with Gasteiger partial charge in [0, 0.05) is 33.3 Å². The van der Waals surface area contributed by atoms with Crippen LogP contribution in [0.2, 0.25) is 0 Å². The molecular formula is C19H27N3O. The Morgan fingerprint density at radius 2 is 2.09 bits per heavy atom. The van der Waals surface area contributed by atoms with E-state index in [1.54, 1.807) is 0 Å². The van der Waals surface area contributed by atoms with E-state index in [4.69, 9.17) is 4.74 Å². The zero-order chi connectivity index (χ0) is 15.9. The maximum absolute atomic E-state index is 5.67. The predicted molar refractivity (Wildman–Crippen MR) is 95.6 cm³/mol.